The summed E-state index contributed by atoms with van der Waals surface area (Å²) in [4.78, 5) is 61.7. The maximum absolute atomic E-state index is 12.8. The second kappa shape index (κ2) is 14.2. The molecule has 0 aliphatic carbocycles. The maximum atomic E-state index is 12.8. The van der Waals surface area contributed by atoms with E-state index in [1.54, 1.807) is 36.4 Å². The number of amides is 2. The van der Waals surface area contributed by atoms with Crippen LogP contribution in [0.3, 0.4) is 0 Å². The fraction of sp³-hybridized carbons (Fsp3) is 0.342. The standard InChI is InChI=1S/C38H40ClN13O3/c1-38(2,35-40-14-5-15-41-35)48-32-26-18-22(7-10-28(26)50(3)37(55)47-32)44-33-27(39)20-42-36(46-33)52-16-12-21(13-17-52)43-23-6-8-24-29(19-23)51(4)49-31(24)25-9-11-30(53)45-34(25)54/h5-8,10,14-15,18-21,25,43H,9,11-13,16-17H2,1-4H3,(H,42,44,46)(H,45,53,54)(H,47,48,55). The lowest BCUT2D eigenvalue weighted by Gasteiger charge is -2.33. The zero-order chi connectivity index (χ0) is 38.4. The fourth-order valence-electron chi connectivity index (χ4n) is 7.28. The summed E-state index contributed by atoms with van der Waals surface area (Å²) >= 11 is 6.62. The number of aryl methyl sites for hydroxylation is 2. The van der Waals surface area contributed by atoms with E-state index in [1.807, 2.05) is 51.2 Å². The van der Waals surface area contributed by atoms with E-state index < -0.39 is 17.1 Å². The predicted octanol–water partition coefficient (Wildman–Crippen LogP) is 4.75. The third-order valence-electron chi connectivity index (χ3n) is 10.3. The van der Waals surface area contributed by atoms with Crippen LogP contribution < -0.4 is 31.9 Å². The van der Waals surface area contributed by atoms with Crippen LogP contribution in [0.1, 0.15) is 57.0 Å². The lowest BCUT2D eigenvalue weighted by atomic mass is 9.93. The molecule has 2 aliphatic heterocycles. The second-order valence-corrected chi connectivity index (χ2v) is 14.9. The molecule has 2 aliphatic rings. The van der Waals surface area contributed by atoms with Crippen molar-refractivity contribution in [3.63, 3.8) is 0 Å². The molecule has 6 aromatic rings. The van der Waals surface area contributed by atoms with E-state index in [0.29, 0.717) is 63.6 Å². The first kappa shape index (κ1) is 35.8. The van der Waals surface area contributed by atoms with Gasteiger partial charge in [0, 0.05) is 74.2 Å². The number of aromatic nitrogens is 8. The average molecular weight is 762 g/mol. The van der Waals surface area contributed by atoms with Gasteiger partial charge in [-0.3, -0.25) is 24.2 Å². The van der Waals surface area contributed by atoms with Gasteiger partial charge in [0.2, 0.25) is 17.8 Å². The molecular formula is C38H40ClN13O3. The van der Waals surface area contributed by atoms with Gasteiger partial charge < -0.3 is 20.9 Å². The Morgan fingerprint density at radius 2 is 1.64 bits per heavy atom. The molecule has 16 nitrogen and oxygen atoms in total. The number of rotatable bonds is 9. The number of anilines is 5. The van der Waals surface area contributed by atoms with Gasteiger partial charge in [0.15, 0.2) is 11.6 Å². The zero-order valence-corrected chi connectivity index (χ0v) is 31.6. The smallest absolute Gasteiger partial charge is 0.349 e. The number of carbonyl (C=O) groups excluding carboxylic acids is 2. The summed E-state index contributed by atoms with van der Waals surface area (Å²) in [7, 11) is 3.56. The molecule has 4 N–H and O–H groups in total. The van der Waals surface area contributed by atoms with E-state index in [1.165, 1.54) is 4.57 Å². The van der Waals surface area contributed by atoms with Crippen molar-refractivity contribution >= 4 is 74.2 Å². The summed E-state index contributed by atoms with van der Waals surface area (Å²) in [5, 5.41) is 19.5. The number of nitrogens with one attached hydrogen (secondary N) is 4. The molecule has 0 radical (unpaired) electrons. The van der Waals surface area contributed by atoms with E-state index in [9.17, 15) is 14.4 Å². The highest BCUT2D eigenvalue weighted by Gasteiger charge is 2.32. The van der Waals surface area contributed by atoms with Gasteiger partial charge in [-0.05, 0) is 75.6 Å². The summed E-state index contributed by atoms with van der Waals surface area (Å²) in [5.74, 6) is 1.02. The molecule has 282 valence electrons. The highest BCUT2D eigenvalue weighted by atomic mass is 35.5. The number of fused-ring (bicyclic) bond motifs is 2. The maximum Gasteiger partial charge on any atom is 0.349 e. The number of piperidine rings is 2. The molecule has 0 bridgehead atoms. The molecule has 17 heteroatoms. The molecule has 0 spiro atoms. The van der Waals surface area contributed by atoms with Gasteiger partial charge in [-0.1, -0.05) is 11.6 Å². The number of hydrogen-bond acceptors (Lipinski definition) is 13. The lowest BCUT2D eigenvalue weighted by molar-refractivity contribution is -0.134. The number of benzene rings is 2. The zero-order valence-electron chi connectivity index (χ0n) is 30.8. The van der Waals surface area contributed by atoms with Crippen LogP contribution in [0.25, 0.3) is 21.8 Å². The molecule has 1 unspecified atom stereocenters. The van der Waals surface area contributed by atoms with Crippen molar-refractivity contribution in [1.82, 2.24) is 44.6 Å². The van der Waals surface area contributed by atoms with Gasteiger partial charge in [-0.15, -0.1) is 0 Å². The van der Waals surface area contributed by atoms with Crippen LogP contribution in [0.15, 0.2) is 65.8 Å². The molecule has 8 rings (SSSR count). The Kier molecular flexibility index (Phi) is 9.28. The Bertz CT molecular complexity index is 2510. The van der Waals surface area contributed by atoms with Crippen LogP contribution in [-0.2, 0) is 29.2 Å². The SMILES string of the molecule is Cn1nc(C2CCC(=O)NC2=O)c2ccc(NC3CCN(c4ncc(Cl)c(Nc5ccc6c(c5)c(NC(C)(C)c5ncccn5)nc(=O)n6C)n4)CC3)cc21. The fourth-order valence-corrected chi connectivity index (χ4v) is 7.42. The summed E-state index contributed by atoms with van der Waals surface area (Å²) in [5.41, 5.74) is 2.87. The van der Waals surface area contributed by atoms with Crippen LogP contribution in [-0.4, -0.2) is 70.2 Å². The van der Waals surface area contributed by atoms with Gasteiger partial charge in [0.05, 0.1) is 34.4 Å². The highest BCUT2D eigenvalue weighted by Crippen LogP contribution is 2.34. The number of hydrogen-bond donors (Lipinski definition) is 4. The molecule has 2 aromatic carbocycles. The van der Waals surface area contributed by atoms with Crippen molar-refractivity contribution < 1.29 is 9.59 Å². The third kappa shape index (κ3) is 7.12. The molecular weight excluding hydrogens is 722 g/mol. The van der Waals surface area contributed by atoms with Crippen molar-refractivity contribution in [2.24, 2.45) is 14.1 Å². The van der Waals surface area contributed by atoms with E-state index in [2.05, 4.69) is 57.3 Å². The lowest BCUT2D eigenvalue weighted by Crippen LogP contribution is -2.40. The van der Waals surface area contributed by atoms with Gasteiger partial charge in [0.25, 0.3) is 0 Å². The van der Waals surface area contributed by atoms with Gasteiger partial charge >= 0.3 is 5.69 Å². The second-order valence-electron chi connectivity index (χ2n) is 14.5. The molecule has 2 fully saturated rings. The Hall–Kier alpha value is -6.16. The van der Waals surface area contributed by atoms with Gasteiger partial charge in [-0.2, -0.15) is 15.1 Å². The number of halogens is 1. The molecule has 55 heavy (non-hydrogen) atoms. The van der Waals surface area contributed by atoms with Crippen molar-refractivity contribution in [1.29, 1.82) is 0 Å². The highest BCUT2D eigenvalue weighted by molar-refractivity contribution is 6.33. The number of imide groups is 1. The summed E-state index contributed by atoms with van der Waals surface area (Å²) in [6.07, 6.45) is 7.43. The Morgan fingerprint density at radius 3 is 2.40 bits per heavy atom. The molecule has 4 aromatic heterocycles. The quantitative estimate of drug-likeness (QED) is 0.148. The molecule has 6 heterocycles. The minimum absolute atomic E-state index is 0.227. The van der Waals surface area contributed by atoms with Crippen molar-refractivity contribution in [3.8, 4) is 0 Å². The molecule has 1 atom stereocenters. The van der Waals surface area contributed by atoms with E-state index in [4.69, 9.17) is 16.6 Å². The first-order valence-electron chi connectivity index (χ1n) is 18.1. The number of nitrogens with zero attached hydrogens (tertiary/aromatic N) is 9. The first-order chi connectivity index (χ1) is 26.4. The summed E-state index contributed by atoms with van der Waals surface area (Å²) < 4.78 is 3.29. The van der Waals surface area contributed by atoms with E-state index in [-0.39, 0.29) is 17.9 Å². The van der Waals surface area contributed by atoms with Crippen LogP contribution in [0.2, 0.25) is 5.02 Å². The van der Waals surface area contributed by atoms with E-state index >= 15 is 0 Å². The monoisotopic (exact) mass is 761 g/mol. The first-order valence-corrected chi connectivity index (χ1v) is 18.5. The minimum Gasteiger partial charge on any atom is -0.382 e. The molecule has 0 saturated carbocycles. The van der Waals surface area contributed by atoms with Crippen LogP contribution in [0, 0.1) is 0 Å². The van der Waals surface area contributed by atoms with Crippen molar-refractivity contribution in [2.75, 3.05) is 33.9 Å². The Labute approximate surface area is 320 Å². The predicted molar refractivity (Wildman–Crippen MR) is 211 cm³/mol. The minimum atomic E-state index is -0.721. The Morgan fingerprint density at radius 1 is 0.873 bits per heavy atom. The van der Waals surface area contributed by atoms with Gasteiger partial charge in [-0.25, -0.2) is 19.7 Å². The van der Waals surface area contributed by atoms with E-state index in [0.717, 1.165) is 42.5 Å². The van der Waals surface area contributed by atoms with Crippen molar-refractivity contribution in [2.45, 2.75) is 57.0 Å². The summed E-state index contributed by atoms with van der Waals surface area (Å²) in [6, 6.07) is 13.7. The third-order valence-corrected chi connectivity index (χ3v) is 10.5. The van der Waals surface area contributed by atoms with Crippen LogP contribution in [0.4, 0.5) is 29.0 Å². The largest absolute Gasteiger partial charge is 0.382 e. The average Bonchev–Trinajstić information content (AvgIpc) is 3.50. The topological polar surface area (TPSA) is 190 Å². The van der Waals surface area contributed by atoms with Crippen molar-refractivity contribution in [3.05, 3.63) is 88.1 Å². The van der Waals surface area contributed by atoms with Gasteiger partial charge in [0.1, 0.15) is 10.8 Å². The normalized spacial score (nSPS) is 16.7. The van der Waals surface area contributed by atoms with Crippen LogP contribution in [0.5, 0.6) is 0 Å². The van der Waals surface area contributed by atoms with Crippen LogP contribution >= 0.6 is 11.6 Å². The summed E-state index contributed by atoms with van der Waals surface area (Å²) in [6.45, 7) is 5.33. The Balaban J connectivity index is 0.955. The molecule has 2 amide bonds. The molecule has 2 saturated heterocycles. The number of carbonyl (C=O) groups is 2.